The standard InChI is InChI=1S/C16H20N2O3S/c1-11(22(20)12-8-6-5-7-9-12)15(19)17-14-10-13(21-18-14)16(2,3)4/h5-11H,1-4H3,(H,17,18,19). The zero-order valence-corrected chi connectivity index (χ0v) is 13.9. The summed E-state index contributed by atoms with van der Waals surface area (Å²) in [5, 5.41) is 5.80. The van der Waals surface area contributed by atoms with Crippen LogP contribution in [0.5, 0.6) is 0 Å². The Morgan fingerprint density at radius 3 is 2.45 bits per heavy atom. The third-order valence-corrected chi connectivity index (χ3v) is 4.76. The number of rotatable bonds is 4. The van der Waals surface area contributed by atoms with E-state index in [0.29, 0.717) is 16.5 Å². The van der Waals surface area contributed by atoms with Crippen LogP contribution in [0.3, 0.4) is 0 Å². The Hall–Kier alpha value is -1.95. The maximum Gasteiger partial charge on any atom is 0.241 e. The minimum Gasteiger partial charge on any atom is -0.359 e. The molecule has 1 heterocycles. The van der Waals surface area contributed by atoms with Gasteiger partial charge < -0.3 is 9.84 Å². The molecule has 1 aromatic heterocycles. The van der Waals surface area contributed by atoms with Crippen LogP contribution in [0.15, 0.2) is 45.8 Å². The Kier molecular flexibility index (Phi) is 4.81. The first-order valence-electron chi connectivity index (χ1n) is 7.02. The van der Waals surface area contributed by atoms with Gasteiger partial charge in [0, 0.05) is 16.4 Å². The number of hydrogen-bond acceptors (Lipinski definition) is 4. The average molecular weight is 320 g/mol. The molecular weight excluding hydrogens is 300 g/mol. The summed E-state index contributed by atoms with van der Waals surface area (Å²) in [5.41, 5.74) is -0.186. The molecule has 0 saturated heterocycles. The normalized spacial score (nSPS) is 14.4. The predicted octanol–water partition coefficient (Wildman–Crippen LogP) is 3.11. The number of anilines is 1. The van der Waals surface area contributed by atoms with Gasteiger partial charge in [-0.2, -0.15) is 0 Å². The molecule has 2 aromatic rings. The van der Waals surface area contributed by atoms with Gasteiger partial charge in [0.15, 0.2) is 5.82 Å². The molecule has 0 fully saturated rings. The molecule has 118 valence electrons. The summed E-state index contributed by atoms with van der Waals surface area (Å²) in [5.74, 6) is 0.669. The molecule has 6 heteroatoms. The van der Waals surface area contributed by atoms with Gasteiger partial charge in [-0.05, 0) is 19.1 Å². The number of hydrogen-bond donors (Lipinski definition) is 1. The summed E-state index contributed by atoms with van der Waals surface area (Å²) in [6, 6.07) is 10.6. The van der Waals surface area contributed by atoms with Gasteiger partial charge in [0.2, 0.25) is 5.91 Å². The van der Waals surface area contributed by atoms with Crippen LogP contribution in [-0.4, -0.2) is 20.5 Å². The van der Waals surface area contributed by atoms with Crippen LogP contribution in [0.1, 0.15) is 33.5 Å². The van der Waals surface area contributed by atoms with Crippen LogP contribution in [0.4, 0.5) is 5.82 Å². The first kappa shape index (κ1) is 16.4. The fraction of sp³-hybridized carbons (Fsp3) is 0.375. The fourth-order valence-corrected chi connectivity index (χ4v) is 2.86. The van der Waals surface area contributed by atoms with E-state index in [4.69, 9.17) is 4.52 Å². The summed E-state index contributed by atoms with van der Waals surface area (Å²) >= 11 is 0. The number of amides is 1. The molecule has 1 amide bonds. The molecular formula is C16H20N2O3S. The Balaban J connectivity index is 2.06. The van der Waals surface area contributed by atoms with Crippen LogP contribution in [0.2, 0.25) is 0 Å². The van der Waals surface area contributed by atoms with Crippen molar-refractivity contribution in [2.24, 2.45) is 0 Å². The van der Waals surface area contributed by atoms with Crippen molar-refractivity contribution in [1.82, 2.24) is 5.16 Å². The van der Waals surface area contributed by atoms with Crippen LogP contribution in [-0.2, 0) is 21.0 Å². The highest BCUT2D eigenvalue weighted by atomic mass is 32.2. The monoisotopic (exact) mass is 320 g/mol. The SMILES string of the molecule is CC(C(=O)Nc1cc(C(C)(C)C)on1)S(=O)c1ccccc1. The van der Waals surface area contributed by atoms with Gasteiger partial charge in [0.05, 0.1) is 10.8 Å². The number of nitrogens with zero attached hydrogens (tertiary/aromatic N) is 1. The Morgan fingerprint density at radius 2 is 1.91 bits per heavy atom. The topological polar surface area (TPSA) is 72.2 Å². The van der Waals surface area contributed by atoms with Crippen molar-refractivity contribution >= 4 is 22.5 Å². The molecule has 22 heavy (non-hydrogen) atoms. The number of benzene rings is 1. The fourth-order valence-electron chi connectivity index (χ4n) is 1.77. The summed E-state index contributed by atoms with van der Waals surface area (Å²) in [6.45, 7) is 7.60. The van der Waals surface area contributed by atoms with Crippen molar-refractivity contribution in [3.8, 4) is 0 Å². The van der Waals surface area contributed by atoms with Gasteiger partial charge in [-0.3, -0.25) is 9.00 Å². The minimum atomic E-state index is -1.41. The molecule has 1 aromatic carbocycles. The molecule has 0 aliphatic rings. The van der Waals surface area contributed by atoms with Crippen molar-refractivity contribution in [2.45, 2.75) is 43.3 Å². The molecule has 1 N–H and O–H groups in total. The summed E-state index contributed by atoms with van der Waals surface area (Å²) in [4.78, 5) is 12.8. The van der Waals surface area contributed by atoms with Gasteiger partial charge in [-0.1, -0.05) is 44.1 Å². The Bertz CT molecular complexity index is 674. The minimum absolute atomic E-state index is 0.186. The highest BCUT2D eigenvalue weighted by molar-refractivity contribution is 7.86. The summed E-state index contributed by atoms with van der Waals surface area (Å²) < 4.78 is 17.6. The van der Waals surface area contributed by atoms with Gasteiger partial charge in [-0.25, -0.2) is 0 Å². The maximum atomic E-state index is 12.3. The maximum absolute atomic E-state index is 12.3. The molecule has 2 unspecified atom stereocenters. The largest absolute Gasteiger partial charge is 0.359 e. The average Bonchev–Trinajstić information content (AvgIpc) is 2.95. The van der Waals surface area contributed by atoms with Crippen molar-refractivity contribution in [1.29, 1.82) is 0 Å². The van der Waals surface area contributed by atoms with E-state index >= 15 is 0 Å². The second-order valence-corrected chi connectivity index (χ2v) is 7.84. The van der Waals surface area contributed by atoms with Crippen LogP contribution in [0.25, 0.3) is 0 Å². The number of carbonyl (C=O) groups excluding carboxylic acids is 1. The second-order valence-electron chi connectivity index (χ2n) is 6.07. The summed E-state index contributed by atoms with van der Waals surface area (Å²) in [7, 11) is -1.41. The van der Waals surface area contributed by atoms with E-state index in [9.17, 15) is 9.00 Å². The third kappa shape index (κ3) is 3.82. The number of nitrogens with one attached hydrogen (secondary N) is 1. The number of carbonyl (C=O) groups is 1. The Morgan fingerprint density at radius 1 is 1.27 bits per heavy atom. The third-order valence-electron chi connectivity index (χ3n) is 3.17. The lowest BCUT2D eigenvalue weighted by atomic mass is 9.93. The Labute approximate surface area is 132 Å². The molecule has 0 spiro atoms. The molecule has 0 aliphatic carbocycles. The van der Waals surface area contributed by atoms with Crippen molar-refractivity contribution in [3.05, 3.63) is 42.2 Å². The molecule has 0 bridgehead atoms. The first-order valence-corrected chi connectivity index (χ1v) is 8.24. The van der Waals surface area contributed by atoms with Gasteiger partial charge in [0.25, 0.3) is 0 Å². The highest BCUT2D eigenvalue weighted by Crippen LogP contribution is 2.24. The van der Waals surface area contributed by atoms with E-state index in [2.05, 4.69) is 10.5 Å². The van der Waals surface area contributed by atoms with Gasteiger partial charge in [-0.15, -0.1) is 0 Å². The van der Waals surface area contributed by atoms with Crippen molar-refractivity contribution in [2.75, 3.05) is 5.32 Å². The highest BCUT2D eigenvalue weighted by Gasteiger charge is 2.24. The molecule has 5 nitrogen and oxygen atoms in total. The van der Waals surface area contributed by atoms with Crippen LogP contribution < -0.4 is 5.32 Å². The van der Waals surface area contributed by atoms with Crippen molar-refractivity contribution < 1.29 is 13.5 Å². The second kappa shape index (κ2) is 6.44. The lowest BCUT2D eigenvalue weighted by Gasteiger charge is -2.12. The summed E-state index contributed by atoms with van der Waals surface area (Å²) in [6.07, 6.45) is 0. The van der Waals surface area contributed by atoms with Crippen molar-refractivity contribution in [3.63, 3.8) is 0 Å². The quantitative estimate of drug-likeness (QED) is 0.939. The van der Waals surface area contributed by atoms with E-state index in [-0.39, 0.29) is 11.3 Å². The number of aromatic nitrogens is 1. The first-order chi connectivity index (χ1) is 10.3. The predicted molar refractivity (Wildman–Crippen MR) is 86.1 cm³/mol. The van der Waals surface area contributed by atoms with E-state index < -0.39 is 16.0 Å². The van der Waals surface area contributed by atoms with Gasteiger partial charge >= 0.3 is 0 Å². The smallest absolute Gasteiger partial charge is 0.241 e. The molecule has 2 rings (SSSR count). The van der Waals surface area contributed by atoms with Gasteiger partial charge in [0.1, 0.15) is 11.0 Å². The van der Waals surface area contributed by atoms with Crippen LogP contribution >= 0.6 is 0 Å². The zero-order valence-electron chi connectivity index (χ0n) is 13.1. The van der Waals surface area contributed by atoms with E-state index in [0.717, 1.165) is 0 Å². The molecule has 0 aliphatic heterocycles. The van der Waals surface area contributed by atoms with Crippen LogP contribution in [0, 0.1) is 0 Å². The molecule has 0 radical (unpaired) electrons. The molecule has 0 saturated carbocycles. The van der Waals surface area contributed by atoms with E-state index in [1.807, 2.05) is 26.8 Å². The lowest BCUT2D eigenvalue weighted by Crippen LogP contribution is -2.29. The van der Waals surface area contributed by atoms with E-state index in [1.54, 1.807) is 37.3 Å². The zero-order chi connectivity index (χ0) is 16.3. The molecule has 2 atom stereocenters. The lowest BCUT2D eigenvalue weighted by molar-refractivity contribution is -0.115. The van der Waals surface area contributed by atoms with E-state index in [1.165, 1.54) is 0 Å².